The molecular weight excluding hydrogens is 452 g/mol. The Labute approximate surface area is 202 Å². The zero-order chi connectivity index (χ0) is 24.8. The highest BCUT2D eigenvalue weighted by Crippen LogP contribution is 2.39. The molecule has 9 heteroatoms. The molecule has 0 unspecified atom stereocenters. The minimum atomic E-state index is -0.539. The number of thioether (sulfide) groups is 1. The lowest BCUT2D eigenvalue weighted by atomic mass is 9.94. The number of ether oxygens (including phenoxy) is 2. The maximum Gasteiger partial charge on any atom is 0.258 e. The van der Waals surface area contributed by atoms with Crippen molar-refractivity contribution in [2.45, 2.75) is 18.9 Å². The number of nitriles is 1. The Hall–Kier alpha value is -4.03. The molecule has 0 saturated carbocycles. The van der Waals surface area contributed by atoms with E-state index in [-0.39, 0.29) is 16.9 Å². The van der Waals surface area contributed by atoms with Gasteiger partial charge in [0.1, 0.15) is 11.1 Å². The van der Waals surface area contributed by atoms with Crippen LogP contribution < -0.4 is 20.5 Å². The highest BCUT2D eigenvalue weighted by molar-refractivity contribution is 8.00. The Bertz CT molecular complexity index is 1300. The first-order valence-corrected chi connectivity index (χ1v) is 11.2. The van der Waals surface area contributed by atoms with Crippen LogP contribution in [0.4, 0.5) is 5.69 Å². The van der Waals surface area contributed by atoms with Crippen LogP contribution in [0.15, 0.2) is 47.5 Å². The standard InChI is InChI=1S/C25H24N4O4S/c1-14-7-5-6-8-18(14)29-24(31)22-15(2)28-25(34-13-21(27)30)17(12-26)23(22)16-9-10-19(32-3)20(11-16)33-4/h5-11H,13H2,1-4H3,(H2,27,30)(H,29,31). The number of amides is 2. The third kappa shape index (κ3) is 5.13. The van der Waals surface area contributed by atoms with Gasteiger partial charge in [-0.2, -0.15) is 5.26 Å². The number of carbonyl (C=O) groups is 2. The molecule has 0 saturated heterocycles. The summed E-state index contributed by atoms with van der Waals surface area (Å²) in [6.45, 7) is 3.58. The van der Waals surface area contributed by atoms with Gasteiger partial charge in [0.25, 0.3) is 5.91 Å². The molecule has 2 amide bonds. The van der Waals surface area contributed by atoms with Crippen LogP contribution in [0.25, 0.3) is 11.1 Å². The predicted octanol–water partition coefficient (Wildman–Crippen LogP) is 4.08. The molecule has 3 aromatic rings. The number of aromatic nitrogens is 1. The van der Waals surface area contributed by atoms with Gasteiger partial charge < -0.3 is 20.5 Å². The fourth-order valence-electron chi connectivity index (χ4n) is 3.48. The van der Waals surface area contributed by atoms with E-state index in [1.165, 1.54) is 14.2 Å². The fourth-order valence-corrected chi connectivity index (χ4v) is 4.25. The van der Waals surface area contributed by atoms with Crippen molar-refractivity contribution >= 4 is 29.3 Å². The van der Waals surface area contributed by atoms with Gasteiger partial charge in [-0.05, 0) is 43.2 Å². The number of nitrogens with one attached hydrogen (secondary N) is 1. The predicted molar refractivity (Wildman–Crippen MR) is 131 cm³/mol. The maximum absolute atomic E-state index is 13.5. The van der Waals surface area contributed by atoms with Gasteiger partial charge in [0.05, 0.1) is 36.8 Å². The van der Waals surface area contributed by atoms with Gasteiger partial charge in [-0.15, -0.1) is 0 Å². The number of primary amides is 1. The van der Waals surface area contributed by atoms with Crippen LogP contribution in [0.3, 0.4) is 0 Å². The molecule has 8 nitrogen and oxygen atoms in total. The lowest BCUT2D eigenvalue weighted by molar-refractivity contribution is -0.115. The molecule has 1 heterocycles. The molecule has 0 atom stereocenters. The lowest BCUT2D eigenvalue weighted by Gasteiger charge is -2.18. The number of hydrogen-bond acceptors (Lipinski definition) is 7. The van der Waals surface area contributed by atoms with Crippen molar-refractivity contribution < 1.29 is 19.1 Å². The summed E-state index contributed by atoms with van der Waals surface area (Å²) in [6.07, 6.45) is 0. The smallest absolute Gasteiger partial charge is 0.258 e. The number of carbonyl (C=O) groups excluding carboxylic acids is 2. The van der Waals surface area contributed by atoms with Crippen molar-refractivity contribution in [2.24, 2.45) is 5.73 Å². The normalized spacial score (nSPS) is 10.3. The van der Waals surface area contributed by atoms with Gasteiger partial charge >= 0.3 is 0 Å². The number of methoxy groups -OCH3 is 2. The van der Waals surface area contributed by atoms with Crippen molar-refractivity contribution in [1.82, 2.24) is 4.98 Å². The molecular formula is C25H24N4O4S. The van der Waals surface area contributed by atoms with Crippen LogP contribution in [0.5, 0.6) is 11.5 Å². The Morgan fingerprint density at radius 1 is 1.12 bits per heavy atom. The largest absolute Gasteiger partial charge is 0.493 e. The van der Waals surface area contributed by atoms with Crippen LogP contribution in [0, 0.1) is 25.2 Å². The van der Waals surface area contributed by atoms with Crippen LogP contribution in [-0.2, 0) is 4.79 Å². The number of nitrogens with zero attached hydrogens (tertiary/aromatic N) is 2. The van der Waals surface area contributed by atoms with Crippen LogP contribution in [0.1, 0.15) is 27.2 Å². The topological polar surface area (TPSA) is 127 Å². The third-order valence-corrected chi connectivity index (χ3v) is 6.10. The second kappa shape index (κ2) is 10.7. The zero-order valence-corrected chi connectivity index (χ0v) is 20.1. The molecule has 0 spiro atoms. The molecule has 34 heavy (non-hydrogen) atoms. The van der Waals surface area contributed by atoms with E-state index in [4.69, 9.17) is 15.2 Å². The first kappa shape index (κ1) is 24.6. The molecule has 3 rings (SSSR count). The summed E-state index contributed by atoms with van der Waals surface area (Å²) in [7, 11) is 3.03. The molecule has 0 radical (unpaired) electrons. The summed E-state index contributed by atoms with van der Waals surface area (Å²) in [4.78, 5) is 29.4. The number of rotatable bonds is 8. The van der Waals surface area contributed by atoms with Gasteiger partial charge in [-0.3, -0.25) is 9.59 Å². The molecule has 0 aliphatic carbocycles. The first-order valence-electron chi connectivity index (χ1n) is 10.3. The van der Waals surface area contributed by atoms with E-state index in [9.17, 15) is 14.9 Å². The molecule has 1 aromatic heterocycles. The number of aryl methyl sites for hydroxylation is 2. The van der Waals surface area contributed by atoms with Gasteiger partial charge in [-0.25, -0.2) is 4.98 Å². The second-order valence-electron chi connectivity index (χ2n) is 7.33. The molecule has 0 bridgehead atoms. The SMILES string of the molecule is COc1ccc(-c2c(C#N)c(SCC(N)=O)nc(C)c2C(=O)Nc2ccccc2C)cc1OC. The summed E-state index contributed by atoms with van der Waals surface area (Å²) >= 11 is 1.05. The van der Waals surface area contributed by atoms with Gasteiger partial charge in [0, 0.05) is 11.3 Å². The number of benzene rings is 2. The van der Waals surface area contributed by atoms with Crippen LogP contribution in [-0.4, -0.2) is 36.8 Å². The average molecular weight is 477 g/mol. The van der Waals surface area contributed by atoms with E-state index in [1.807, 2.05) is 25.1 Å². The summed E-state index contributed by atoms with van der Waals surface area (Å²) in [6, 6.07) is 14.7. The molecule has 174 valence electrons. The Morgan fingerprint density at radius 3 is 2.44 bits per heavy atom. The molecule has 0 aliphatic rings. The highest BCUT2D eigenvalue weighted by atomic mass is 32.2. The highest BCUT2D eigenvalue weighted by Gasteiger charge is 2.25. The summed E-state index contributed by atoms with van der Waals surface area (Å²) in [5.74, 6) is -0.0597. The maximum atomic E-state index is 13.5. The Kier molecular flexibility index (Phi) is 7.76. The number of nitrogens with two attached hydrogens (primary N) is 1. The minimum Gasteiger partial charge on any atom is -0.493 e. The summed E-state index contributed by atoms with van der Waals surface area (Å²) in [5.41, 5.74) is 8.61. The van der Waals surface area contributed by atoms with Crippen molar-refractivity contribution in [2.75, 3.05) is 25.3 Å². The number of hydrogen-bond donors (Lipinski definition) is 2. The summed E-state index contributed by atoms with van der Waals surface area (Å²) in [5, 5.41) is 13.3. The monoisotopic (exact) mass is 476 g/mol. The van der Waals surface area contributed by atoms with E-state index >= 15 is 0 Å². The number of pyridine rings is 1. The van der Waals surface area contributed by atoms with Gasteiger partial charge in [-0.1, -0.05) is 36.0 Å². The third-order valence-electron chi connectivity index (χ3n) is 5.10. The van der Waals surface area contributed by atoms with Gasteiger partial charge in [0.15, 0.2) is 11.5 Å². The zero-order valence-electron chi connectivity index (χ0n) is 19.3. The van der Waals surface area contributed by atoms with Gasteiger partial charge in [0.2, 0.25) is 5.91 Å². The molecule has 0 aliphatic heterocycles. The van der Waals surface area contributed by atoms with E-state index in [0.29, 0.717) is 39.0 Å². The Balaban J connectivity index is 2.26. The van der Waals surface area contributed by atoms with Crippen LogP contribution >= 0.6 is 11.8 Å². The van der Waals surface area contributed by atoms with E-state index in [1.54, 1.807) is 31.2 Å². The second-order valence-corrected chi connectivity index (χ2v) is 8.30. The van der Waals surface area contributed by atoms with Crippen molar-refractivity contribution in [3.63, 3.8) is 0 Å². The van der Waals surface area contributed by atoms with E-state index in [0.717, 1.165) is 17.3 Å². The van der Waals surface area contributed by atoms with Crippen molar-refractivity contribution in [3.05, 3.63) is 64.8 Å². The minimum absolute atomic E-state index is 0.0543. The van der Waals surface area contributed by atoms with E-state index < -0.39 is 11.8 Å². The molecule has 2 aromatic carbocycles. The average Bonchev–Trinajstić information content (AvgIpc) is 2.82. The van der Waals surface area contributed by atoms with Crippen molar-refractivity contribution in [1.29, 1.82) is 5.26 Å². The lowest BCUT2D eigenvalue weighted by Crippen LogP contribution is -2.18. The quantitative estimate of drug-likeness (QED) is 0.469. The number of anilines is 1. The molecule has 3 N–H and O–H groups in total. The Morgan fingerprint density at radius 2 is 1.82 bits per heavy atom. The van der Waals surface area contributed by atoms with Crippen LogP contribution in [0.2, 0.25) is 0 Å². The van der Waals surface area contributed by atoms with E-state index in [2.05, 4.69) is 16.4 Å². The number of para-hydroxylation sites is 1. The summed E-state index contributed by atoms with van der Waals surface area (Å²) < 4.78 is 10.8. The fraction of sp³-hybridized carbons (Fsp3) is 0.200. The first-order chi connectivity index (χ1) is 16.3. The molecule has 0 fully saturated rings. The van der Waals surface area contributed by atoms with Crippen molar-refractivity contribution in [3.8, 4) is 28.7 Å².